The number of nitrogens with two attached hydrogens (primary N) is 1. The maximum Gasteiger partial charge on any atom is 0.573 e. The van der Waals surface area contributed by atoms with Crippen molar-refractivity contribution in [1.29, 1.82) is 5.26 Å². The normalized spacial score (nSPS) is 12.0. The zero-order valence-electron chi connectivity index (χ0n) is 17.5. The van der Waals surface area contributed by atoms with Gasteiger partial charge in [-0.3, -0.25) is 4.79 Å². The number of halogens is 3. The van der Waals surface area contributed by atoms with Gasteiger partial charge in [-0.2, -0.15) is 5.26 Å². The van der Waals surface area contributed by atoms with Crippen molar-refractivity contribution in [3.63, 3.8) is 0 Å². The lowest BCUT2D eigenvalue weighted by molar-refractivity contribution is -0.274. The summed E-state index contributed by atoms with van der Waals surface area (Å²) < 4.78 is 43.4. The van der Waals surface area contributed by atoms with Crippen molar-refractivity contribution in [2.45, 2.75) is 33.2 Å². The van der Waals surface area contributed by atoms with E-state index in [4.69, 9.17) is 5.73 Å². The quantitative estimate of drug-likeness (QED) is 0.571. The smallest absolute Gasteiger partial charge is 0.406 e. The molecule has 3 N–H and O–H groups in total. The van der Waals surface area contributed by atoms with Crippen LogP contribution in [0.4, 0.5) is 13.2 Å². The van der Waals surface area contributed by atoms with E-state index in [-0.39, 0.29) is 24.6 Å². The number of fused-ring (bicyclic) bond motifs is 1. The lowest BCUT2D eigenvalue weighted by Crippen LogP contribution is -2.24. The number of hydrogen-bond acceptors (Lipinski definition) is 4. The van der Waals surface area contributed by atoms with E-state index in [1.54, 1.807) is 28.8 Å². The number of rotatable bonds is 7. The first-order chi connectivity index (χ1) is 14.9. The first-order valence-electron chi connectivity index (χ1n) is 9.74. The zero-order chi connectivity index (χ0) is 23.7. The summed E-state index contributed by atoms with van der Waals surface area (Å²) in [7, 11) is 0. The Morgan fingerprint density at radius 1 is 1.22 bits per heavy atom. The highest BCUT2D eigenvalue weighted by Crippen LogP contribution is 2.34. The second-order valence-corrected chi connectivity index (χ2v) is 8.32. The van der Waals surface area contributed by atoms with Crippen molar-refractivity contribution in [3.05, 3.63) is 64.8 Å². The number of benzene rings is 2. The molecule has 6 nitrogen and oxygen atoms in total. The number of aromatic nitrogens is 1. The van der Waals surface area contributed by atoms with Gasteiger partial charge in [0.1, 0.15) is 11.4 Å². The highest BCUT2D eigenvalue weighted by Gasteiger charge is 2.31. The molecule has 1 aromatic heterocycles. The van der Waals surface area contributed by atoms with Crippen LogP contribution < -0.4 is 10.5 Å². The van der Waals surface area contributed by atoms with Crippen molar-refractivity contribution in [3.8, 4) is 11.8 Å². The van der Waals surface area contributed by atoms with E-state index in [9.17, 15) is 28.3 Å². The number of aliphatic hydroxyl groups is 1. The summed E-state index contributed by atoms with van der Waals surface area (Å²) in [6.07, 6.45) is -4.52. The third-order valence-electron chi connectivity index (χ3n) is 5.09. The van der Waals surface area contributed by atoms with E-state index in [1.165, 1.54) is 18.2 Å². The molecule has 0 saturated heterocycles. The highest BCUT2D eigenvalue weighted by molar-refractivity contribution is 6.01. The van der Waals surface area contributed by atoms with E-state index in [0.717, 1.165) is 0 Å². The number of nitriles is 1. The lowest BCUT2D eigenvalue weighted by atomic mass is 9.85. The topological polar surface area (TPSA) is 101 Å². The van der Waals surface area contributed by atoms with E-state index in [1.807, 2.05) is 13.8 Å². The molecule has 0 radical (unpaired) electrons. The largest absolute Gasteiger partial charge is 0.573 e. The monoisotopic (exact) mass is 445 g/mol. The van der Waals surface area contributed by atoms with Crippen LogP contribution in [0.1, 0.15) is 41.0 Å². The van der Waals surface area contributed by atoms with Crippen molar-refractivity contribution >= 4 is 16.8 Å². The van der Waals surface area contributed by atoms with Gasteiger partial charge in [0.25, 0.3) is 5.91 Å². The minimum atomic E-state index is -4.83. The van der Waals surface area contributed by atoms with Crippen LogP contribution in [0.15, 0.2) is 42.5 Å². The third kappa shape index (κ3) is 5.03. The molecule has 9 heteroatoms. The molecule has 0 bridgehead atoms. The molecule has 1 amide bonds. The van der Waals surface area contributed by atoms with E-state index < -0.39 is 17.7 Å². The van der Waals surface area contributed by atoms with E-state index in [2.05, 4.69) is 10.8 Å². The molecule has 0 unspecified atom stereocenters. The first-order valence-corrected chi connectivity index (χ1v) is 9.74. The van der Waals surface area contributed by atoms with Gasteiger partial charge in [-0.05, 0) is 53.3 Å². The molecule has 32 heavy (non-hydrogen) atoms. The maximum atomic E-state index is 12.6. The molecular weight excluding hydrogens is 423 g/mol. The van der Waals surface area contributed by atoms with Crippen LogP contribution in [0, 0.1) is 16.7 Å². The molecular formula is C23H22F3N3O3. The van der Waals surface area contributed by atoms with Crippen molar-refractivity contribution in [2.24, 2.45) is 11.1 Å². The Morgan fingerprint density at radius 2 is 1.94 bits per heavy atom. The predicted molar refractivity (Wildman–Crippen MR) is 112 cm³/mol. The molecule has 0 fully saturated rings. The lowest BCUT2D eigenvalue weighted by Gasteiger charge is -2.22. The molecule has 2 aromatic carbocycles. The van der Waals surface area contributed by atoms with Crippen LogP contribution in [-0.4, -0.2) is 28.6 Å². The van der Waals surface area contributed by atoms with Gasteiger partial charge in [0.05, 0.1) is 11.6 Å². The molecule has 0 atom stereocenters. The van der Waals surface area contributed by atoms with Gasteiger partial charge in [0.2, 0.25) is 0 Å². The van der Waals surface area contributed by atoms with Gasteiger partial charge < -0.3 is 20.1 Å². The Hall–Kier alpha value is -3.51. The number of alkyl halides is 3. The van der Waals surface area contributed by atoms with Crippen LogP contribution >= 0.6 is 0 Å². The van der Waals surface area contributed by atoms with Crippen LogP contribution in [-0.2, 0) is 13.0 Å². The minimum Gasteiger partial charge on any atom is -0.406 e. The number of carbonyl (C=O) groups excluding carboxylic acids is 1. The molecule has 0 aliphatic carbocycles. The number of ether oxygens (including phenoxy) is 1. The van der Waals surface area contributed by atoms with Gasteiger partial charge in [0, 0.05) is 24.1 Å². The minimum absolute atomic E-state index is 0.0509. The Labute approximate surface area is 182 Å². The summed E-state index contributed by atoms with van der Waals surface area (Å²) in [5, 5.41) is 19.7. The van der Waals surface area contributed by atoms with Crippen molar-refractivity contribution in [2.75, 3.05) is 6.61 Å². The molecule has 0 aliphatic rings. The fraction of sp³-hybridized carbons (Fsp3) is 0.304. The second kappa shape index (κ2) is 8.55. The molecule has 168 valence electrons. The number of hydrogen-bond donors (Lipinski definition) is 2. The summed E-state index contributed by atoms with van der Waals surface area (Å²) in [5.74, 6) is -1.09. The van der Waals surface area contributed by atoms with Gasteiger partial charge in [-0.25, -0.2) is 0 Å². The maximum absolute atomic E-state index is 12.6. The van der Waals surface area contributed by atoms with Gasteiger partial charge in [-0.1, -0.05) is 26.0 Å². The fourth-order valence-electron chi connectivity index (χ4n) is 3.68. The molecule has 0 spiro atoms. The summed E-state index contributed by atoms with van der Waals surface area (Å²) >= 11 is 0. The van der Waals surface area contributed by atoms with Gasteiger partial charge in [-0.15, -0.1) is 13.2 Å². The van der Waals surface area contributed by atoms with Gasteiger partial charge in [0.15, 0.2) is 0 Å². The van der Waals surface area contributed by atoms with Gasteiger partial charge >= 0.3 is 6.36 Å². The second-order valence-electron chi connectivity index (χ2n) is 8.32. The Balaban J connectivity index is 2.19. The number of carbonyl (C=O) groups is 1. The molecule has 0 saturated carbocycles. The number of primary amides is 1. The average molecular weight is 445 g/mol. The summed E-state index contributed by atoms with van der Waals surface area (Å²) in [6, 6.07) is 12.4. The predicted octanol–water partition coefficient (Wildman–Crippen LogP) is 4.12. The Bertz CT molecular complexity index is 1210. The highest BCUT2D eigenvalue weighted by atomic mass is 19.4. The van der Waals surface area contributed by atoms with Crippen LogP contribution in [0.3, 0.4) is 0 Å². The fourth-order valence-corrected chi connectivity index (χ4v) is 3.68. The van der Waals surface area contributed by atoms with E-state index >= 15 is 0 Å². The number of aliphatic hydroxyl groups excluding tert-OH is 1. The summed E-state index contributed by atoms with van der Waals surface area (Å²) in [5.41, 5.74) is 7.34. The van der Waals surface area contributed by atoms with E-state index in [0.29, 0.717) is 34.0 Å². The summed E-state index contributed by atoms with van der Waals surface area (Å²) in [4.78, 5) is 12.5. The standard InChI is InChI=1S/C23H22F3N3O3/c1-22(2,13-30)10-18-17-9-14(11-27)6-7-19(17)29(20(18)21(28)31)12-15-4-3-5-16(8-15)32-23(24,25)26/h3-9,30H,10,12-13H2,1-2H3,(H2,28,31). The number of nitrogens with zero attached hydrogens (tertiary/aromatic N) is 2. The Morgan fingerprint density at radius 3 is 2.53 bits per heavy atom. The third-order valence-corrected chi connectivity index (χ3v) is 5.09. The average Bonchev–Trinajstić information content (AvgIpc) is 2.99. The zero-order valence-corrected chi connectivity index (χ0v) is 17.5. The molecule has 3 rings (SSSR count). The SMILES string of the molecule is CC(C)(CO)Cc1c(C(N)=O)n(Cc2cccc(OC(F)(F)F)c2)c2ccc(C#N)cc12. The number of amides is 1. The van der Waals surface area contributed by atoms with Crippen molar-refractivity contribution in [1.82, 2.24) is 4.57 Å². The van der Waals surface area contributed by atoms with Crippen LogP contribution in [0.2, 0.25) is 0 Å². The van der Waals surface area contributed by atoms with Crippen LogP contribution in [0.5, 0.6) is 5.75 Å². The molecule has 1 heterocycles. The molecule has 3 aromatic rings. The Kier molecular flexibility index (Phi) is 6.19. The first kappa shape index (κ1) is 23.2. The summed E-state index contributed by atoms with van der Waals surface area (Å²) in [6.45, 7) is 3.56. The molecule has 0 aliphatic heterocycles. The van der Waals surface area contributed by atoms with Crippen molar-refractivity contribution < 1.29 is 27.8 Å². The van der Waals surface area contributed by atoms with Crippen LogP contribution in [0.25, 0.3) is 10.9 Å².